The van der Waals surface area contributed by atoms with Gasteiger partial charge in [-0.1, -0.05) is 6.07 Å². The summed E-state index contributed by atoms with van der Waals surface area (Å²) in [6.45, 7) is 0. The van der Waals surface area contributed by atoms with Crippen molar-refractivity contribution < 1.29 is 9.59 Å². The van der Waals surface area contributed by atoms with Gasteiger partial charge >= 0.3 is 6.03 Å². The molecular weight excluding hydrogens is 230 g/mol. The van der Waals surface area contributed by atoms with Gasteiger partial charge in [0.05, 0.1) is 0 Å². The topological polar surface area (TPSA) is 71.1 Å². The van der Waals surface area contributed by atoms with Crippen LogP contribution in [-0.2, 0) is 0 Å². The SMILES string of the molecule is O=Cc1ccc(NC(=O)Nc2ccccn2)cc1. The summed E-state index contributed by atoms with van der Waals surface area (Å²) in [6, 6.07) is 11.4. The summed E-state index contributed by atoms with van der Waals surface area (Å²) >= 11 is 0. The minimum absolute atomic E-state index is 0.382. The lowest BCUT2D eigenvalue weighted by Gasteiger charge is -2.06. The highest BCUT2D eigenvalue weighted by molar-refractivity contribution is 5.99. The van der Waals surface area contributed by atoms with Gasteiger partial charge < -0.3 is 5.32 Å². The number of urea groups is 1. The van der Waals surface area contributed by atoms with E-state index in [1.54, 1.807) is 48.7 Å². The van der Waals surface area contributed by atoms with Crippen molar-refractivity contribution >= 4 is 23.8 Å². The van der Waals surface area contributed by atoms with Crippen molar-refractivity contribution in [3.63, 3.8) is 0 Å². The number of nitrogens with zero attached hydrogens (tertiary/aromatic N) is 1. The Bertz CT molecular complexity index is 538. The van der Waals surface area contributed by atoms with E-state index in [0.29, 0.717) is 17.1 Å². The predicted octanol–water partition coefficient (Wildman–Crippen LogP) is 2.54. The smallest absolute Gasteiger partial charge is 0.308 e. The Morgan fingerprint density at radius 2 is 1.83 bits per heavy atom. The van der Waals surface area contributed by atoms with Gasteiger partial charge in [0.25, 0.3) is 0 Å². The van der Waals surface area contributed by atoms with Crippen LogP contribution in [0, 0.1) is 0 Å². The van der Waals surface area contributed by atoms with E-state index in [9.17, 15) is 9.59 Å². The molecule has 1 aromatic heterocycles. The van der Waals surface area contributed by atoms with Crippen LogP contribution in [0.1, 0.15) is 10.4 Å². The highest BCUT2D eigenvalue weighted by Gasteiger charge is 2.02. The van der Waals surface area contributed by atoms with E-state index < -0.39 is 0 Å². The third kappa shape index (κ3) is 3.15. The van der Waals surface area contributed by atoms with Crippen LogP contribution in [0.2, 0.25) is 0 Å². The lowest BCUT2D eigenvalue weighted by Crippen LogP contribution is -2.19. The van der Waals surface area contributed by atoms with Crippen LogP contribution in [0.15, 0.2) is 48.7 Å². The Morgan fingerprint density at radius 3 is 2.44 bits per heavy atom. The Hall–Kier alpha value is -2.69. The summed E-state index contributed by atoms with van der Waals surface area (Å²) in [5.74, 6) is 0.472. The molecule has 0 aliphatic heterocycles. The molecule has 1 aromatic carbocycles. The summed E-state index contributed by atoms with van der Waals surface area (Å²) < 4.78 is 0. The van der Waals surface area contributed by atoms with Crippen LogP contribution in [0.3, 0.4) is 0 Å². The summed E-state index contributed by atoms with van der Waals surface area (Å²) in [7, 11) is 0. The number of rotatable bonds is 3. The minimum Gasteiger partial charge on any atom is -0.308 e. The summed E-state index contributed by atoms with van der Waals surface area (Å²) in [5.41, 5.74) is 1.17. The van der Waals surface area contributed by atoms with Crippen LogP contribution >= 0.6 is 0 Å². The number of pyridine rings is 1. The molecule has 0 aliphatic carbocycles. The number of hydrogen-bond acceptors (Lipinski definition) is 3. The second kappa shape index (κ2) is 5.58. The third-order valence-electron chi connectivity index (χ3n) is 2.21. The van der Waals surface area contributed by atoms with Gasteiger partial charge in [-0.3, -0.25) is 10.1 Å². The summed E-state index contributed by atoms with van der Waals surface area (Å²) in [5, 5.41) is 5.22. The Balaban J connectivity index is 1.96. The Kier molecular flexibility index (Phi) is 3.66. The molecule has 0 bridgehead atoms. The quantitative estimate of drug-likeness (QED) is 0.811. The summed E-state index contributed by atoms with van der Waals surface area (Å²) in [6.07, 6.45) is 2.34. The maximum absolute atomic E-state index is 11.6. The van der Waals surface area contributed by atoms with Crippen molar-refractivity contribution in [3.8, 4) is 0 Å². The van der Waals surface area contributed by atoms with Gasteiger partial charge in [0.2, 0.25) is 0 Å². The van der Waals surface area contributed by atoms with Crippen LogP contribution in [0.25, 0.3) is 0 Å². The van der Waals surface area contributed by atoms with E-state index in [1.807, 2.05) is 0 Å². The molecule has 2 rings (SSSR count). The number of carbonyl (C=O) groups is 2. The molecule has 90 valence electrons. The first-order chi connectivity index (χ1) is 8.78. The minimum atomic E-state index is -0.382. The first-order valence-corrected chi connectivity index (χ1v) is 5.32. The molecule has 0 spiro atoms. The fourth-order valence-electron chi connectivity index (χ4n) is 1.36. The number of aromatic nitrogens is 1. The molecule has 5 nitrogen and oxygen atoms in total. The van der Waals surface area contributed by atoms with Crippen molar-refractivity contribution in [3.05, 3.63) is 54.2 Å². The van der Waals surface area contributed by atoms with Crippen LogP contribution < -0.4 is 10.6 Å². The highest BCUT2D eigenvalue weighted by atomic mass is 16.2. The highest BCUT2D eigenvalue weighted by Crippen LogP contribution is 2.09. The van der Waals surface area contributed by atoms with E-state index >= 15 is 0 Å². The number of amides is 2. The maximum atomic E-state index is 11.6. The van der Waals surface area contributed by atoms with Crippen molar-refractivity contribution in [1.82, 2.24) is 4.98 Å². The molecule has 1 heterocycles. The molecule has 0 fully saturated rings. The number of anilines is 2. The van der Waals surface area contributed by atoms with Gasteiger partial charge in [0, 0.05) is 17.4 Å². The number of benzene rings is 1. The van der Waals surface area contributed by atoms with Gasteiger partial charge in [-0.15, -0.1) is 0 Å². The molecule has 0 unspecified atom stereocenters. The third-order valence-corrected chi connectivity index (χ3v) is 2.21. The second-order valence-corrected chi connectivity index (χ2v) is 3.53. The van der Waals surface area contributed by atoms with Gasteiger partial charge in [-0.25, -0.2) is 9.78 Å². The predicted molar refractivity (Wildman–Crippen MR) is 68.7 cm³/mol. The molecular formula is C13H11N3O2. The van der Waals surface area contributed by atoms with Crippen molar-refractivity contribution in [2.45, 2.75) is 0 Å². The van der Waals surface area contributed by atoms with Gasteiger partial charge in [-0.2, -0.15) is 0 Å². The summed E-state index contributed by atoms with van der Waals surface area (Å²) in [4.78, 5) is 26.0. The number of carbonyl (C=O) groups excluding carboxylic acids is 2. The number of aldehydes is 1. The molecule has 2 N–H and O–H groups in total. The normalized spacial score (nSPS) is 9.56. The Labute approximate surface area is 104 Å². The fraction of sp³-hybridized carbons (Fsp3) is 0. The average Bonchev–Trinajstić information content (AvgIpc) is 2.40. The van der Waals surface area contributed by atoms with Gasteiger partial charge in [-0.05, 0) is 36.4 Å². The molecule has 0 saturated carbocycles. The molecule has 2 amide bonds. The van der Waals surface area contributed by atoms with Crippen LogP contribution in [0.5, 0.6) is 0 Å². The van der Waals surface area contributed by atoms with Crippen molar-refractivity contribution in [2.24, 2.45) is 0 Å². The fourth-order valence-corrected chi connectivity index (χ4v) is 1.36. The standard InChI is InChI=1S/C13H11N3O2/c17-9-10-4-6-11(7-5-10)15-13(18)16-12-3-1-2-8-14-12/h1-9H,(H2,14,15,16,18). The van der Waals surface area contributed by atoms with Gasteiger partial charge in [0.1, 0.15) is 12.1 Å². The molecule has 0 aliphatic rings. The van der Waals surface area contributed by atoms with Crippen LogP contribution in [0.4, 0.5) is 16.3 Å². The zero-order valence-corrected chi connectivity index (χ0v) is 9.46. The molecule has 2 aromatic rings. The van der Waals surface area contributed by atoms with E-state index in [1.165, 1.54) is 0 Å². The van der Waals surface area contributed by atoms with E-state index in [0.717, 1.165) is 6.29 Å². The average molecular weight is 241 g/mol. The lowest BCUT2D eigenvalue weighted by molar-refractivity contribution is 0.112. The Morgan fingerprint density at radius 1 is 1.06 bits per heavy atom. The lowest BCUT2D eigenvalue weighted by atomic mass is 10.2. The molecule has 18 heavy (non-hydrogen) atoms. The van der Waals surface area contributed by atoms with Gasteiger partial charge in [0.15, 0.2) is 0 Å². The molecule has 5 heteroatoms. The molecule has 0 atom stereocenters. The van der Waals surface area contributed by atoms with E-state index in [-0.39, 0.29) is 6.03 Å². The first-order valence-electron chi connectivity index (χ1n) is 5.32. The van der Waals surface area contributed by atoms with Crippen LogP contribution in [-0.4, -0.2) is 17.3 Å². The zero-order valence-electron chi connectivity index (χ0n) is 9.46. The molecule has 0 saturated heterocycles. The van der Waals surface area contributed by atoms with Crippen molar-refractivity contribution in [1.29, 1.82) is 0 Å². The monoisotopic (exact) mass is 241 g/mol. The second-order valence-electron chi connectivity index (χ2n) is 3.53. The molecule has 0 radical (unpaired) electrons. The maximum Gasteiger partial charge on any atom is 0.324 e. The number of nitrogens with one attached hydrogen (secondary N) is 2. The van der Waals surface area contributed by atoms with Crippen molar-refractivity contribution in [2.75, 3.05) is 10.6 Å². The first kappa shape index (κ1) is 11.8. The zero-order chi connectivity index (χ0) is 12.8. The van der Waals surface area contributed by atoms with E-state index in [4.69, 9.17) is 0 Å². The largest absolute Gasteiger partial charge is 0.324 e. The van der Waals surface area contributed by atoms with E-state index in [2.05, 4.69) is 15.6 Å². The number of hydrogen-bond donors (Lipinski definition) is 2.